The summed E-state index contributed by atoms with van der Waals surface area (Å²) < 4.78 is 10.8. The van der Waals surface area contributed by atoms with Gasteiger partial charge in [-0.2, -0.15) is 5.26 Å². The summed E-state index contributed by atoms with van der Waals surface area (Å²) in [5, 5.41) is 9.99. The number of carbonyl (C=O) groups is 1. The Bertz CT molecular complexity index is 1090. The molecule has 1 aliphatic carbocycles. The zero-order valence-electron chi connectivity index (χ0n) is 14.0. The van der Waals surface area contributed by atoms with Crippen LogP contribution in [0.3, 0.4) is 0 Å². The normalized spacial score (nSPS) is 16.4. The van der Waals surface area contributed by atoms with Gasteiger partial charge >= 0.3 is 0 Å². The second-order valence-electron chi connectivity index (χ2n) is 6.94. The molecule has 5 nitrogen and oxygen atoms in total. The second kappa shape index (κ2) is 5.37. The summed E-state index contributed by atoms with van der Waals surface area (Å²) in [6.45, 7) is 0.237. The molecule has 0 amide bonds. The van der Waals surface area contributed by atoms with Gasteiger partial charge in [0.25, 0.3) is 0 Å². The van der Waals surface area contributed by atoms with E-state index in [0.29, 0.717) is 12.0 Å². The van der Waals surface area contributed by atoms with E-state index in [1.54, 1.807) is 6.20 Å². The highest BCUT2D eigenvalue weighted by Gasteiger charge is 2.50. The Labute approximate surface area is 150 Å². The van der Waals surface area contributed by atoms with Gasteiger partial charge in [0.1, 0.15) is 11.9 Å². The lowest BCUT2D eigenvalue weighted by atomic mass is 9.87. The van der Waals surface area contributed by atoms with E-state index < -0.39 is 5.41 Å². The van der Waals surface area contributed by atoms with E-state index in [0.717, 1.165) is 46.4 Å². The fourth-order valence-corrected chi connectivity index (χ4v) is 3.78. The van der Waals surface area contributed by atoms with Crippen LogP contribution in [0.1, 0.15) is 29.5 Å². The minimum atomic E-state index is -0.399. The van der Waals surface area contributed by atoms with Crippen LogP contribution in [-0.2, 0) is 16.6 Å². The second-order valence-corrected chi connectivity index (χ2v) is 6.94. The van der Waals surface area contributed by atoms with Crippen LogP contribution >= 0.6 is 0 Å². The monoisotopic (exact) mass is 344 g/mol. The Kier molecular flexibility index (Phi) is 3.10. The highest BCUT2D eigenvalue weighted by molar-refractivity contribution is 5.95. The smallest absolute Gasteiger partial charge is 0.231 e. The number of carbonyl (C=O) groups excluding carboxylic acids is 1. The largest absolute Gasteiger partial charge is 0.454 e. The fraction of sp³-hybridized carbons (Fsp3) is 0.238. The predicted molar refractivity (Wildman–Crippen MR) is 95.2 cm³/mol. The van der Waals surface area contributed by atoms with E-state index in [9.17, 15) is 4.79 Å². The van der Waals surface area contributed by atoms with E-state index in [2.05, 4.69) is 11.1 Å². The highest BCUT2D eigenvalue weighted by Crippen LogP contribution is 2.51. The van der Waals surface area contributed by atoms with Crippen LogP contribution in [0.25, 0.3) is 10.9 Å². The number of ketones is 1. The molecule has 5 heteroatoms. The van der Waals surface area contributed by atoms with Gasteiger partial charge in [-0.25, -0.2) is 0 Å². The van der Waals surface area contributed by atoms with E-state index in [1.807, 2.05) is 36.4 Å². The Morgan fingerprint density at radius 3 is 2.81 bits per heavy atom. The fourth-order valence-electron chi connectivity index (χ4n) is 3.78. The molecule has 0 radical (unpaired) electrons. The summed E-state index contributed by atoms with van der Waals surface area (Å²) in [5.41, 5.74) is 3.08. The van der Waals surface area contributed by atoms with Crippen molar-refractivity contribution in [2.45, 2.75) is 24.7 Å². The number of aromatic nitrogens is 1. The topological polar surface area (TPSA) is 75.1 Å². The van der Waals surface area contributed by atoms with Gasteiger partial charge in [0, 0.05) is 23.5 Å². The average Bonchev–Trinajstić information content (AvgIpc) is 3.17. The van der Waals surface area contributed by atoms with Crippen molar-refractivity contribution in [1.82, 2.24) is 4.98 Å². The van der Waals surface area contributed by atoms with Gasteiger partial charge in [0.2, 0.25) is 6.79 Å². The number of nitrogens with zero attached hydrogens (tertiary/aromatic N) is 1. The number of aromatic amines is 1. The number of fused-ring (bicyclic) bond motifs is 2. The first-order valence-electron chi connectivity index (χ1n) is 8.63. The zero-order valence-corrected chi connectivity index (χ0v) is 14.0. The SMILES string of the molecule is N#Cc1c[nH]c2cc(CC(=O)C3(c4ccc5c(c4)OCO5)CC3)ccc12. The number of rotatable bonds is 4. The molecule has 5 rings (SSSR count). The minimum Gasteiger partial charge on any atom is -0.454 e. The Balaban J connectivity index is 1.42. The van der Waals surface area contributed by atoms with Crippen LogP contribution in [0.4, 0.5) is 0 Å². The van der Waals surface area contributed by atoms with Crippen molar-refractivity contribution in [2.75, 3.05) is 6.79 Å². The maximum atomic E-state index is 13.1. The quantitative estimate of drug-likeness (QED) is 0.784. The van der Waals surface area contributed by atoms with Crippen molar-refractivity contribution in [2.24, 2.45) is 0 Å². The lowest BCUT2D eigenvalue weighted by Gasteiger charge is -2.15. The maximum Gasteiger partial charge on any atom is 0.231 e. The van der Waals surface area contributed by atoms with Crippen molar-refractivity contribution in [3.8, 4) is 17.6 Å². The number of H-pyrrole nitrogens is 1. The van der Waals surface area contributed by atoms with Crippen LogP contribution in [-0.4, -0.2) is 17.6 Å². The molecule has 3 aromatic rings. The average molecular weight is 344 g/mol. The number of Topliss-reactive ketones (excluding diaryl/α,β-unsaturated/α-hetero) is 1. The van der Waals surface area contributed by atoms with E-state index >= 15 is 0 Å². The van der Waals surface area contributed by atoms with Crippen LogP contribution < -0.4 is 9.47 Å². The molecule has 2 aromatic carbocycles. The number of nitrogens with one attached hydrogen (secondary N) is 1. The van der Waals surface area contributed by atoms with Crippen molar-refractivity contribution >= 4 is 16.7 Å². The van der Waals surface area contributed by atoms with Crippen LogP contribution in [0.2, 0.25) is 0 Å². The first kappa shape index (κ1) is 15.0. The number of hydrogen-bond donors (Lipinski definition) is 1. The van der Waals surface area contributed by atoms with Gasteiger partial charge in [-0.3, -0.25) is 4.79 Å². The number of nitriles is 1. The number of hydrogen-bond acceptors (Lipinski definition) is 4. The van der Waals surface area contributed by atoms with Crippen molar-refractivity contribution < 1.29 is 14.3 Å². The van der Waals surface area contributed by atoms with E-state index in [-0.39, 0.29) is 12.6 Å². The summed E-state index contributed by atoms with van der Waals surface area (Å²) in [6, 6.07) is 13.8. The summed E-state index contributed by atoms with van der Waals surface area (Å²) in [6.07, 6.45) is 3.82. The predicted octanol–water partition coefficient (Wildman–Crippen LogP) is 3.61. The van der Waals surface area contributed by atoms with Crippen LogP contribution in [0.15, 0.2) is 42.6 Å². The molecule has 26 heavy (non-hydrogen) atoms. The molecule has 1 saturated carbocycles. The first-order valence-corrected chi connectivity index (χ1v) is 8.63. The minimum absolute atomic E-state index is 0.225. The molecular weight excluding hydrogens is 328 g/mol. The molecule has 2 heterocycles. The molecule has 0 unspecified atom stereocenters. The molecule has 1 fully saturated rings. The molecule has 128 valence electrons. The summed E-state index contributed by atoms with van der Waals surface area (Å²) in [4.78, 5) is 16.2. The lowest BCUT2D eigenvalue weighted by molar-refractivity contribution is -0.120. The molecule has 0 spiro atoms. The first-order chi connectivity index (χ1) is 12.7. The third-order valence-electron chi connectivity index (χ3n) is 5.44. The number of benzene rings is 2. The third-order valence-corrected chi connectivity index (χ3v) is 5.44. The Morgan fingerprint density at radius 1 is 1.15 bits per heavy atom. The van der Waals surface area contributed by atoms with Crippen molar-refractivity contribution in [1.29, 1.82) is 5.26 Å². The molecule has 1 aromatic heterocycles. The van der Waals surface area contributed by atoms with Gasteiger partial charge in [-0.1, -0.05) is 18.2 Å². The molecule has 0 saturated heterocycles. The van der Waals surface area contributed by atoms with E-state index in [1.165, 1.54) is 0 Å². The maximum absolute atomic E-state index is 13.1. The van der Waals surface area contributed by atoms with Gasteiger partial charge in [-0.05, 0) is 42.2 Å². The summed E-state index contributed by atoms with van der Waals surface area (Å²) in [7, 11) is 0. The highest BCUT2D eigenvalue weighted by atomic mass is 16.7. The van der Waals surface area contributed by atoms with Gasteiger partial charge in [0.15, 0.2) is 11.5 Å². The molecular formula is C21H16N2O3. The van der Waals surface area contributed by atoms with Gasteiger partial charge < -0.3 is 14.5 Å². The standard InChI is InChI=1S/C21H16N2O3/c22-10-14-11-23-17-7-13(1-3-16(14)17)8-20(24)21(5-6-21)15-2-4-18-19(9-15)26-12-25-18/h1-4,7,9,11,23H,5-6,8,12H2. The third kappa shape index (κ3) is 2.19. The molecule has 1 N–H and O–H groups in total. The lowest BCUT2D eigenvalue weighted by Crippen LogP contribution is -2.22. The number of ether oxygens (including phenoxy) is 2. The Hall–Kier alpha value is -3.26. The molecule has 2 aliphatic rings. The summed E-state index contributed by atoms with van der Waals surface area (Å²) in [5.74, 6) is 1.68. The van der Waals surface area contributed by atoms with Crippen molar-refractivity contribution in [3.63, 3.8) is 0 Å². The van der Waals surface area contributed by atoms with Crippen molar-refractivity contribution in [3.05, 3.63) is 59.3 Å². The Morgan fingerprint density at radius 2 is 2.00 bits per heavy atom. The molecule has 0 atom stereocenters. The van der Waals surface area contributed by atoms with Crippen LogP contribution in [0.5, 0.6) is 11.5 Å². The van der Waals surface area contributed by atoms with E-state index in [4.69, 9.17) is 14.7 Å². The summed E-state index contributed by atoms with van der Waals surface area (Å²) >= 11 is 0. The molecule has 1 aliphatic heterocycles. The molecule has 0 bridgehead atoms. The zero-order chi connectivity index (χ0) is 17.7. The van der Waals surface area contributed by atoms with Gasteiger partial charge in [-0.15, -0.1) is 0 Å². The van der Waals surface area contributed by atoms with Gasteiger partial charge in [0.05, 0.1) is 11.0 Å². The van der Waals surface area contributed by atoms with Crippen LogP contribution in [0, 0.1) is 11.3 Å².